The third-order valence-corrected chi connectivity index (χ3v) is 2.32. The van der Waals surface area contributed by atoms with Crippen LogP contribution in [0.25, 0.3) is 0 Å². The van der Waals surface area contributed by atoms with E-state index >= 15 is 0 Å². The summed E-state index contributed by atoms with van der Waals surface area (Å²) < 4.78 is 0. The van der Waals surface area contributed by atoms with Gasteiger partial charge in [-0.3, -0.25) is 4.79 Å². The van der Waals surface area contributed by atoms with Gasteiger partial charge in [0.2, 0.25) is 0 Å². The zero-order valence-electron chi connectivity index (χ0n) is 11.3. The van der Waals surface area contributed by atoms with Crippen molar-refractivity contribution in [1.29, 1.82) is 0 Å². The summed E-state index contributed by atoms with van der Waals surface area (Å²) in [6.07, 6.45) is 1.57. The van der Waals surface area contributed by atoms with E-state index in [0.29, 0.717) is 12.2 Å². The predicted molar refractivity (Wildman–Crippen MR) is 67.7 cm³/mol. The lowest BCUT2D eigenvalue weighted by Crippen LogP contribution is -2.42. The van der Waals surface area contributed by atoms with Crippen LogP contribution in [0.15, 0.2) is 18.3 Å². The summed E-state index contributed by atoms with van der Waals surface area (Å²) in [5.74, 6) is -0.0528. The summed E-state index contributed by atoms with van der Waals surface area (Å²) >= 11 is 0. The lowest BCUT2D eigenvalue weighted by atomic mass is 9.95. The highest BCUT2D eigenvalue weighted by atomic mass is 16.2. The van der Waals surface area contributed by atoms with Gasteiger partial charge in [-0.1, -0.05) is 20.8 Å². The minimum absolute atomic E-state index is 0.0528. The standard InChI is InChI=1S/C13H21N3O/c1-10(2)16(9-13(3,4)5)12(17)11-7-6-8-14-15-11/h6-8,10H,9H2,1-5H3. The van der Waals surface area contributed by atoms with Crippen LogP contribution in [0.4, 0.5) is 0 Å². The van der Waals surface area contributed by atoms with E-state index in [2.05, 4.69) is 31.0 Å². The van der Waals surface area contributed by atoms with E-state index in [9.17, 15) is 4.79 Å². The van der Waals surface area contributed by atoms with E-state index in [1.165, 1.54) is 0 Å². The smallest absolute Gasteiger partial charge is 0.274 e. The summed E-state index contributed by atoms with van der Waals surface area (Å²) in [4.78, 5) is 14.1. The van der Waals surface area contributed by atoms with Gasteiger partial charge in [-0.15, -0.1) is 5.10 Å². The average molecular weight is 235 g/mol. The van der Waals surface area contributed by atoms with Crippen LogP contribution in [-0.2, 0) is 0 Å². The normalized spacial score (nSPS) is 11.6. The second-order valence-electron chi connectivity index (χ2n) is 5.70. The first kappa shape index (κ1) is 13.6. The lowest BCUT2D eigenvalue weighted by Gasteiger charge is -2.32. The van der Waals surface area contributed by atoms with E-state index in [1.54, 1.807) is 18.3 Å². The fourth-order valence-electron chi connectivity index (χ4n) is 1.56. The Bertz CT molecular complexity index is 368. The molecule has 0 radical (unpaired) electrons. The van der Waals surface area contributed by atoms with Crippen LogP contribution in [-0.4, -0.2) is 33.6 Å². The topological polar surface area (TPSA) is 46.1 Å². The van der Waals surface area contributed by atoms with Crippen LogP contribution in [0, 0.1) is 5.41 Å². The summed E-state index contributed by atoms with van der Waals surface area (Å²) in [6, 6.07) is 3.59. The Morgan fingerprint density at radius 3 is 2.47 bits per heavy atom. The molecular weight excluding hydrogens is 214 g/mol. The molecular formula is C13H21N3O. The van der Waals surface area contributed by atoms with E-state index in [1.807, 2.05) is 18.7 Å². The highest BCUT2D eigenvalue weighted by Crippen LogP contribution is 2.18. The van der Waals surface area contributed by atoms with Gasteiger partial charge in [0.1, 0.15) is 0 Å². The van der Waals surface area contributed by atoms with E-state index in [0.717, 1.165) is 0 Å². The van der Waals surface area contributed by atoms with Crippen molar-refractivity contribution >= 4 is 5.91 Å². The third kappa shape index (κ3) is 4.13. The van der Waals surface area contributed by atoms with Crippen LogP contribution in [0.1, 0.15) is 45.1 Å². The van der Waals surface area contributed by atoms with E-state index < -0.39 is 0 Å². The molecule has 0 fully saturated rings. The maximum Gasteiger partial charge on any atom is 0.274 e. The Hall–Kier alpha value is -1.45. The Balaban J connectivity index is 2.89. The fraction of sp³-hybridized carbons (Fsp3) is 0.615. The predicted octanol–water partition coefficient (Wildman–Crippen LogP) is 2.37. The van der Waals surface area contributed by atoms with Gasteiger partial charge in [-0.2, -0.15) is 5.10 Å². The Labute approximate surface area is 103 Å². The maximum atomic E-state index is 12.3. The third-order valence-electron chi connectivity index (χ3n) is 2.32. The highest BCUT2D eigenvalue weighted by Gasteiger charge is 2.25. The molecule has 0 aromatic carbocycles. The SMILES string of the molecule is CC(C)N(CC(C)(C)C)C(=O)c1cccnn1. The van der Waals surface area contributed by atoms with Crippen LogP contribution in [0.5, 0.6) is 0 Å². The molecule has 0 spiro atoms. The molecule has 1 heterocycles. The Morgan fingerprint density at radius 2 is 2.06 bits per heavy atom. The van der Waals surface area contributed by atoms with Crippen molar-refractivity contribution in [3.8, 4) is 0 Å². The molecule has 0 saturated heterocycles. The number of nitrogens with zero attached hydrogens (tertiary/aromatic N) is 3. The molecule has 1 aromatic heterocycles. The minimum atomic E-state index is -0.0528. The van der Waals surface area contributed by atoms with Gasteiger partial charge in [0.15, 0.2) is 5.69 Å². The largest absolute Gasteiger partial charge is 0.334 e. The molecule has 0 N–H and O–H groups in total. The number of rotatable bonds is 3. The van der Waals surface area contributed by atoms with Crippen molar-refractivity contribution in [1.82, 2.24) is 15.1 Å². The number of hydrogen-bond donors (Lipinski definition) is 0. The van der Waals surface area contributed by atoms with Gasteiger partial charge in [0.05, 0.1) is 0 Å². The molecule has 0 bridgehead atoms. The van der Waals surface area contributed by atoms with Crippen LogP contribution < -0.4 is 0 Å². The summed E-state index contributed by atoms with van der Waals surface area (Å²) in [5, 5.41) is 7.62. The van der Waals surface area contributed by atoms with Crippen molar-refractivity contribution in [3.05, 3.63) is 24.0 Å². The van der Waals surface area contributed by atoms with Crippen LogP contribution in [0.2, 0.25) is 0 Å². The van der Waals surface area contributed by atoms with E-state index in [4.69, 9.17) is 0 Å². The number of carbonyl (C=O) groups excluding carboxylic acids is 1. The molecule has 0 aliphatic carbocycles. The van der Waals surface area contributed by atoms with Gasteiger partial charge < -0.3 is 4.90 Å². The number of hydrogen-bond acceptors (Lipinski definition) is 3. The molecule has 0 unspecified atom stereocenters. The first-order valence-electron chi connectivity index (χ1n) is 5.90. The lowest BCUT2D eigenvalue weighted by molar-refractivity contribution is 0.0625. The average Bonchev–Trinajstić information content (AvgIpc) is 2.25. The van der Waals surface area contributed by atoms with Crippen molar-refractivity contribution < 1.29 is 4.79 Å². The molecule has 4 nitrogen and oxygen atoms in total. The zero-order chi connectivity index (χ0) is 13.1. The molecule has 1 amide bonds. The first-order valence-corrected chi connectivity index (χ1v) is 5.90. The van der Waals surface area contributed by atoms with Gasteiger partial charge in [0, 0.05) is 18.8 Å². The molecule has 1 rings (SSSR count). The van der Waals surface area contributed by atoms with Gasteiger partial charge in [0.25, 0.3) is 5.91 Å². The number of aromatic nitrogens is 2. The van der Waals surface area contributed by atoms with Crippen molar-refractivity contribution in [3.63, 3.8) is 0 Å². The maximum absolute atomic E-state index is 12.3. The summed E-state index contributed by atoms with van der Waals surface area (Å²) in [6.45, 7) is 11.1. The number of carbonyl (C=O) groups is 1. The molecule has 0 saturated carbocycles. The molecule has 1 aromatic rings. The zero-order valence-corrected chi connectivity index (χ0v) is 11.3. The van der Waals surface area contributed by atoms with E-state index in [-0.39, 0.29) is 17.4 Å². The molecule has 0 aliphatic rings. The second-order valence-corrected chi connectivity index (χ2v) is 5.70. The van der Waals surface area contributed by atoms with Crippen LogP contribution >= 0.6 is 0 Å². The van der Waals surface area contributed by atoms with Gasteiger partial charge in [-0.25, -0.2) is 0 Å². The Morgan fingerprint density at radius 1 is 1.41 bits per heavy atom. The summed E-state index contributed by atoms with van der Waals surface area (Å²) in [5.41, 5.74) is 0.479. The number of amides is 1. The first-order chi connectivity index (χ1) is 7.81. The molecule has 4 heteroatoms. The monoisotopic (exact) mass is 235 g/mol. The fourth-order valence-corrected chi connectivity index (χ4v) is 1.56. The second kappa shape index (κ2) is 5.25. The summed E-state index contributed by atoms with van der Waals surface area (Å²) in [7, 11) is 0. The van der Waals surface area contributed by atoms with Gasteiger partial charge in [-0.05, 0) is 31.4 Å². The van der Waals surface area contributed by atoms with Gasteiger partial charge >= 0.3 is 0 Å². The molecule has 17 heavy (non-hydrogen) atoms. The molecule has 0 aliphatic heterocycles. The molecule has 0 atom stereocenters. The quantitative estimate of drug-likeness (QED) is 0.808. The highest BCUT2D eigenvalue weighted by molar-refractivity contribution is 5.92. The Kier molecular flexibility index (Phi) is 4.21. The van der Waals surface area contributed by atoms with Crippen molar-refractivity contribution in [2.75, 3.05) is 6.54 Å². The molecule has 94 valence electrons. The van der Waals surface area contributed by atoms with Crippen LogP contribution in [0.3, 0.4) is 0 Å². The van der Waals surface area contributed by atoms with Crippen molar-refractivity contribution in [2.45, 2.75) is 40.7 Å². The minimum Gasteiger partial charge on any atom is -0.334 e. The van der Waals surface area contributed by atoms with Crippen molar-refractivity contribution in [2.24, 2.45) is 5.41 Å².